The molecule has 0 amide bonds. The predicted octanol–water partition coefficient (Wildman–Crippen LogP) is 3.69. The van der Waals surface area contributed by atoms with Crippen LogP contribution in [0.2, 0.25) is 0 Å². The van der Waals surface area contributed by atoms with E-state index in [2.05, 4.69) is 29.4 Å². The lowest BCUT2D eigenvalue weighted by Crippen LogP contribution is -2.17. The van der Waals surface area contributed by atoms with Gasteiger partial charge in [0, 0.05) is 13.0 Å². The lowest BCUT2D eigenvalue weighted by molar-refractivity contribution is 0.699. The number of nitrogens with zero attached hydrogens (tertiary/aromatic N) is 1. The average Bonchev–Trinajstić information content (AvgIpc) is 2.80. The molecule has 2 heteroatoms. The van der Waals surface area contributed by atoms with Crippen LogP contribution in [0.1, 0.15) is 58.3 Å². The van der Waals surface area contributed by atoms with E-state index in [9.17, 15) is 0 Å². The Bertz CT molecular complexity index is 219. The van der Waals surface area contributed by atoms with Crippen molar-refractivity contribution < 1.29 is 0 Å². The van der Waals surface area contributed by atoms with Gasteiger partial charge in [-0.05, 0) is 25.7 Å². The highest BCUT2D eigenvalue weighted by molar-refractivity contribution is 5.83. The van der Waals surface area contributed by atoms with Gasteiger partial charge in [-0.2, -0.15) is 0 Å². The Balaban J connectivity index is 1.82. The molecule has 0 radical (unpaired) electrons. The van der Waals surface area contributed by atoms with Crippen LogP contribution >= 0.6 is 0 Å². The molecule has 1 rings (SSSR count). The Kier molecular flexibility index (Phi) is 7.83. The van der Waals surface area contributed by atoms with Crippen LogP contribution in [-0.4, -0.2) is 18.9 Å². The van der Waals surface area contributed by atoms with Crippen LogP contribution in [0.25, 0.3) is 0 Å². The maximum atomic E-state index is 4.39. The zero-order valence-electron chi connectivity index (χ0n) is 10.7. The molecule has 1 aliphatic rings. The second-order valence-electron chi connectivity index (χ2n) is 4.47. The maximum absolute atomic E-state index is 4.39. The van der Waals surface area contributed by atoms with E-state index in [0.717, 1.165) is 19.5 Å². The summed E-state index contributed by atoms with van der Waals surface area (Å²) in [5.41, 5.74) is 0. The highest BCUT2D eigenvalue weighted by Gasteiger charge is 2.02. The molecule has 0 aromatic carbocycles. The Morgan fingerprint density at radius 3 is 2.62 bits per heavy atom. The van der Waals surface area contributed by atoms with Gasteiger partial charge < -0.3 is 5.32 Å². The van der Waals surface area contributed by atoms with Gasteiger partial charge in [0.2, 0.25) is 0 Å². The van der Waals surface area contributed by atoms with E-state index >= 15 is 0 Å². The summed E-state index contributed by atoms with van der Waals surface area (Å²) in [6.07, 6.45) is 14.9. The van der Waals surface area contributed by atoms with Crippen molar-refractivity contribution in [1.29, 1.82) is 0 Å². The lowest BCUT2D eigenvalue weighted by Gasteiger charge is -2.01. The Morgan fingerprint density at radius 1 is 1.12 bits per heavy atom. The van der Waals surface area contributed by atoms with Crippen LogP contribution in [0, 0.1) is 0 Å². The molecule has 1 N–H and O–H groups in total. The second-order valence-corrected chi connectivity index (χ2v) is 4.47. The number of amidine groups is 1. The molecule has 0 aromatic rings. The van der Waals surface area contributed by atoms with E-state index in [1.54, 1.807) is 0 Å². The normalized spacial score (nSPS) is 15.4. The molecule has 0 spiro atoms. The summed E-state index contributed by atoms with van der Waals surface area (Å²) in [4.78, 5) is 4.39. The molecule has 2 nitrogen and oxygen atoms in total. The van der Waals surface area contributed by atoms with Gasteiger partial charge in [0.05, 0.1) is 12.4 Å². The topological polar surface area (TPSA) is 24.4 Å². The molecule has 92 valence electrons. The maximum Gasteiger partial charge on any atom is 0.0964 e. The first-order valence-corrected chi connectivity index (χ1v) is 6.85. The van der Waals surface area contributed by atoms with Crippen LogP contribution in [0.4, 0.5) is 0 Å². The molecule has 1 aliphatic heterocycles. The first-order valence-electron chi connectivity index (χ1n) is 6.85. The number of unbranched alkanes of at least 4 members (excludes halogenated alkanes) is 5. The zero-order chi connectivity index (χ0) is 11.5. The molecule has 16 heavy (non-hydrogen) atoms. The summed E-state index contributed by atoms with van der Waals surface area (Å²) in [6.45, 7) is 4.28. The SMILES string of the molecule is CCCC/C=C/CCCCCC1=NCCN1. The fraction of sp³-hybridized carbons (Fsp3) is 0.786. The van der Waals surface area contributed by atoms with Crippen LogP contribution in [0.15, 0.2) is 17.1 Å². The van der Waals surface area contributed by atoms with Crippen LogP contribution in [-0.2, 0) is 0 Å². The molecule has 0 atom stereocenters. The molecule has 0 unspecified atom stereocenters. The van der Waals surface area contributed by atoms with Crippen LogP contribution < -0.4 is 5.32 Å². The van der Waals surface area contributed by atoms with Crippen LogP contribution in [0.3, 0.4) is 0 Å². The summed E-state index contributed by atoms with van der Waals surface area (Å²) in [6, 6.07) is 0. The summed E-state index contributed by atoms with van der Waals surface area (Å²) < 4.78 is 0. The zero-order valence-corrected chi connectivity index (χ0v) is 10.7. The molecule has 0 aliphatic carbocycles. The molecule has 0 saturated heterocycles. The van der Waals surface area contributed by atoms with Crippen molar-refractivity contribution >= 4 is 5.84 Å². The Hall–Kier alpha value is -0.790. The summed E-state index contributed by atoms with van der Waals surface area (Å²) in [7, 11) is 0. The smallest absolute Gasteiger partial charge is 0.0964 e. The quantitative estimate of drug-likeness (QED) is 0.467. The van der Waals surface area contributed by atoms with Crippen molar-refractivity contribution in [1.82, 2.24) is 5.32 Å². The molecule has 0 saturated carbocycles. The Morgan fingerprint density at radius 2 is 1.94 bits per heavy atom. The minimum absolute atomic E-state index is 0.982. The summed E-state index contributed by atoms with van der Waals surface area (Å²) >= 11 is 0. The number of allylic oxidation sites excluding steroid dienone is 2. The van der Waals surface area contributed by atoms with Gasteiger partial charge in [-0.25, -0.2) is 0 Å². The molecular formula is C14H26N2. The van der Waals surface area contributed by atoms with Gasteiger partial charge >= 0.3 is 0 Å². The van der Waals surface area contributed by atoms with Crippen LogP contribution in [0.5, 0.6) is 0 Å². The highest BCUT2D eigenvalue weighted by Crippen LogP contribution is 2.06. The first-order chi connectivity index (χ1) is 7.93. The molecule has 1 heterocycles. The monoisotopic (exact) mass is 222 g/mol. The third-order valence-corrected chi connectivity index (χ3v) is 2.92. The van der Waals surface area contributed by atoms with Gasteiger partial charge in [-0.3, -0.25) is 4.99 Å². The summed E-state index contributed by atoms with van der Waals surface area (Å²) in [5, 5.41) is 3.32. The number of hydrogen-bond acceptors (Lipinski definition) is 2. The minimum Gasteiger partial charge on any atom is -0.372 e. The van der Waals surface area contributed by atoms with Gasteiger partial charge in [0.15, 0.2) is 0 Å². The average molecular weight is 222 g/mol. The number of aliphatic imine (C=N–C) groups is 1. The van der Waals surface area contributed by atoms with Crippen molar-refractivity contribution in [2.75, 3.05) is 13.1 Å². The first kappa shape index (κ1) is 13.3. The Labute approximate surface area is 100 Å². The van der Waals surface area contributed by atoms with E-state index in [0.29, 0.717) is 0 Å². The van der Waals surface area contributed by atoms with E-state index in [1.807, 2.05) is 0 Å². The minimum atomic E-state index is 0.982. The van der Waals surface area contributed by atoms with Crippen molar-refractivity contribution in [3.8, 4) is 0 Å². The van der Waals surface area contributed by atoms with Crippen molar-refractivity contribution in [3.05, 3.63) is 12.2 Å². The number of rotatable bonds is 9. The second kappa shape index (κ2) is 9.44. The molecule has 0 bridgehead atoms. The lowest BCUT2D eigenvalue weighted by atomic mass is 10.1. The highest BCUT2D eigenvalue weighted by atomic mass is 15.1. The van der Waals surface area contributed by atoms with Crippen molar-refractivity contribution in [3.63, 3.8) is 0 Å². The number of hydrogen-bond donors (Lipinski definition) is 1. The third kappa shape index (κ3) is 6.65. The van der Waals surface area contributed by atoms with Crippen molar-refractivity contribution in [2.24, 2.45) is 4.99 Å². The molecule has 0 fully saturated rings. The van der Waals surface area contributed by atoms with Gasteiger partial charge in [0.25, 0.3) is 0 Å². The van der Waals surface area contributed by atoms with E-state index < -0.39 is 0 Å². The number of nitrogens with one attached hydrogen (secondary N) is 1. The van der Waals surface area contributed by atoms with Crippen molar-refractivity contribution in [2.45, 2.75) is 58.3 Å². The van der Waals surface area contributed by atoms with E-state index in [-0.39, 0.29) is 0 Å². The fourth-order valence-corrected chi connectivity index (χ4v) is 1.90. The fourth-order valence-electron chi connectivity index (χ4n) is 1.90. The van der Waals surface area contributed by atoms with Gasteiger partial charge in [-0.15, -0.1) is 0 Å². The molecular weight excluding hydrogens is 196 g/mol. The largest absolute Gasteiger partial charge is 0.372 e. The third-order valence-electron chi connectivity index (χ3n) is 2.92. The van der Waals surface area contributed by atoms with Gasteiger partial charge in [0.1, 0.15) is 0 Å². The van der Waals surface area contributed by atoms with E-state index in [1.165, 1.54) is 50.8 Å². The molecule has 0 aromatic heterocycles. The predicted molar refractivity (Wildman–Crippen MR) is 72.1 cm³/mol. The van der Waals surface area contributed by atoms with E-state index in [4.69, 9.17) is 0 Å². The standard InChI is InChI=1S/C14H26N2/c1-2-3-4-5-6-7-8-9-10-11-14-15-12-13-16-14/h5-6H,2-4,7-13H2,1H3,(H,15,16)/b6-5+. The van der Waals surface area contributed by atoms with Gasteiger partial charge in [-0.1, -0.05) is 38.3 Å². The summed E-state index contributed by atoms with van der Waals surface area (Å²) in [5.74, 6) is 1.23.